The van der Waals surface area contributed by atoms with Gasteiger partial charge in [-0.2, -0.15) is 0 Å². The summed E-state index contributed by atoms with van der Waals surface area (Å²) in [5.74, 6) is -0.555. The van der Waals surface area contributed by atoms with Crippen LogP contribution in [0.2, 0.25) is 5.02 Å². The minimum atomic E-state index is -0.367. The van der Waals surface area contributed by atoms with Gasteiger partial charge in [0.2, 0.25) is 0 Å². The number of carbonyl (C=O) groups excluding carboxylic acids is 1. The fraction of sp³-hybridized carbons (Fsp3) is 0.133. The van der Waals surface area contributed by atoms with Crippen molar-refractivity contribution < 1.29 is 13.9 Å². The van der Waals surface area contributed by atoms with Gasteiger partial charge in [0, 0.05) is 10.6 Å². The largest absolute Gasteiger partial charge is 0.369 e. The Kier molecular flexibility index (Phi) is 4.66. The second-order valence-corrected chi connectivity index (χ2v) is 4.42. The molecule has 0 heterocycles. The van der Waals surface area contributed by atoms with Crippen molar-refractivity contribution in [2.24, 2.45) is 0 Å². The van der Waals surface area contributed by atoms with E-state index in [-0.39, 0.29) is 24.8 Å². The Morgan fingerprint density at radius 3 is 2.47 bits per heavy atom. The van der Waals surface area contributed by atoms with Gasteiger partial charge in [-0.05, 0) is 35.9 Å². The lowest BCUT2D eigenvalue weighted by atomic mass is 10.1. The van der Waals surface area contributed by atoms with E-state index in [0.717, 1.165) is 5.56 Å². The summed E-state index contributed by atoms with van der Waals surface area (Å²) in [6.45, 7) is 0.212. The van der Waals surface area contributed by atoms with Gasteiger partial charge in [0.25, 0.3) is 0 Å². The van der Waals surface area contributed by atoms with Gasteiger partial charge in [-0.1, -0.05) is 29.8 Å². The number of halogens is 2. The predicted molar refractivity (Wildman–Crippen MR) is 71.8 cm³/mol. The number of ether oxygens (including phenoxy) is 1. The van der Waals surface area contributed by atoms with E-state index in [2.05, 4.69) is 0 Å². The third-order valence-corrected chi connectivity index (χ3v) is 2.98. The van der Waals surface area contributed by atoms with E-state index in [9.17, 15) is 9.18 Å². The monoisotopic (exact) mass is 278 g/mol. The zero-order valence-electron chi connectivity index (χ0n) is 10.1. The minimum Gasteiger partial charge on any atom is -0.369 e. The Balaban J connectivity index is 1.88. The molecule has 2 aromatic rings. The lowest BCUT2D eigenvalue weighted by Gasteiger charge is -2.05. The molecule has 0 aliphatic heterocycles. The summed E-state index contributed by atoms with van der Waals surface area (Å²) in [6, 6.07) is 12.7. The van der Waals surface area contributed by atoms with E-state index >= 15 is 0 Å². The van der Waals surface area contributed by atoms with Crippen molar-refractivity contribution in [3.8, 4) is 0 Å². The van der Waals surface area contributed by atoms with Crippen LogP contribution in [-0.4, -0.2) is 12.4 Å². The van der Waals surface area contributed by atoms with Crippen LogP contribution in [0, 0.1) is 5.82 Å². The molecule has 0 saturated carbocycles. The summed E-state index contributed by atoms with van der Waals surface area (Å²) in [6.07, 6.45) is 0. The van der Waals surface area contributed by atoms with Crippen molar-refractivity contribution in [2.75, 3.05) is 6.61 Å². The molecule has 0 radical (unpaired) electrons. The van der Waals surface area contributed by atoms with Crippen molar-refractivity contribution in [3.05, 3.63) is 70.5 Å². The van der Waals surface area contributed by atoms with E-state index < -0.39 is 0 Å². The van der Waals surface area contributed by atoms with Crippen LogP contribution in [0.1, 0.15) is 15.9 Å². The van der Waals surface area contributed by atoms with E-state index in [1.54, 1.807) is 6.07 Å². The number of benzene rings is 2. The maximum atomic E-state index is 12.7. The van der Waals surface area contributed by atoms with Gasteiger partial charge in [-0.3, -0.25) is 4.79 Å². The molecule has 0 atom stereocenters. The molecule has 0 aliphatic carbocycles. The first-order valence-corrected chi connectivity index (χ1v) is 6.14. The van der Waals surface area contributed by atoms with E-state index in [1.165, 1.54) is 24.3 Å². The maximum Gasteiger partial charge on any atom is 0.188 e. The summed E-state index contributed by atoms with van der Waals surface area (Å²) >= 11 is 5.97. The summed E-state index contributed by atoms with van der Waals surface area (Å²) in [4.78, 5) is 11.8. The first-order valence-electron chi connectivity index (χ1n) is 5.77. The van der Waals surface area contributed by atoms with Gasteiger partial charge in [0.1, 0.15) is 12.4 Å². The first-order chi connectivity index (χ1) is 9.16. The van der Waals surface area contributed by atoms with E-state index in [1.807, 2.05) is 18.2 Å². The third-order valence-electron chi connectivity index (χ3n) is 2.61. The highest BCUT2D eigenvalue weighted by molar-refractivity contribution is 6.31. The van der Waals surface area contributed by atoms with Crippen LogP contribution in [-0.2, 0) is 11.3 Å². The van der Waals surface area contributed by atoms with Crippen molar-refractivity contribution in [3.63, 3.8) is 0 Å². The molecule has 2 rings (SSSR count). The molecule has 2 aromatic carbocycles. The van der Waals surface area contributed by atoms with Crippen LogP contribution in [0.3, 0.4) is 0 Å². The van der Waals surface area contributed by atoms with E-state index in [4.69, 9.17) is 16.3 Å². The normalized spacial score (nSPS) is 10.4. The number of Topliss-reactive ketones (excluding diaryl/α,β-unsaturated/α-hetero) is 1. The van der Waals surface area contributed by atoms with Gasteiger partial charge in [0.15, 0.2) is 5.78 Å². The molecular formula is C15H12ClFO2. The van der Waals surface area contributed by atoms with Crippen LogP contribution in [0.5, 0.6) is 0 Å². The van der Waals surface area contributed by atoms with Crippen LogP contribution < -0.4 is 0 Å². The van der Waals surface area contributed by atoms with Crippen LogP contribution in [0.25, 0.3) is 0 Å². The topological polar surface area (TPSA) is 26.3 Å². The quantitative estimate of drug-likeness (QED) is 0.776. The van der Waals surface area contributed by atoms with Crippen LogP contribution in [0.4, 0.5) is 4.39 Å². The highest BCUT2D eigenvalue weighted by atomic mass is 35.5. The molecular weight excluding hydrogens is 267 g/mol. The highest BCUT2D eigenvalue weighted by Crippen LogP contribution is 2.15. The number of carbonyl (C=O) groups is 1. The van der Waals surface area contributed by atoms with Gasteiger partial charge >= 0.3 is 0 Å². The van der Waals surface area contributed by atoms with Crippen molar-refractivity contribution >= 4 is 17.4 Å². The molecule has 0 fully saturated rings. The molecule has 4 heteroatoms. The van der Waals surface area contributed by atoms with Crippen molar-refractivity contribution in [1.29, 1.82) is 0 Å². The standard InChI is InChI=1S/C15H12ClFO2/c16-14-4-2-1-3-12(14)9-19-10-15(18)11-5-7-13(17)8-6-11/h1-8H,9-10H2. The summed E-state index contributed by atoms with van der Waals surface area (Å²) < 4.78 is 18.0. The SMILES string of the molecule is O=C(COCc1ccccc1Cl)c1ccc(F)cc1. The van der Waals surface area contributed by atoms with Gasteiger partial charge in [-0.15, -0.1) is 0 Å². The highest BCUT2D eigenvalue weighted by Gasteiger charge is 2.07. The van der Waals surface area contributed by atoms with Crippen molar-refractivity contribution in [1.82, 2.24) is 0 Å². The summed E-state index contributed by atoms with van der Waals surface area (Å²) in [7, 11) is 0. The number of rotatable bonds is 5. The Hall–Kier alpha value is -1.71. The Morgan fingerprint density at radius 2 is 1.79 bits per heavy atom. The molecule has 0 spiro atoms. The average molecular weight is 279 g/mol. The molecule has 2 nitrogen and oxygen atoms in total. The van der Waals surface area contributed by atoms with Gasteiger partial charge in [0.05, 0.1) is 6.61 Å². The van der Waals surface area contributed by atoms with Crippen molar-refractivity contribution in [2.45, 2.75) is 6.61 Å². The second-order valence-electron chi connectivity index (χ2n) is 4.01. The zero-order valence-corrected chi connectivity index (χ0v) is 10.9. The van der Waals surface area contributed by atoms with Crippen LogP contribution in [0.15, 0.2) is 48.5 Å². The smallest absolute Gasteiger partial charge is 0.188 e. The number of hydrogen-bond acceptors (Lipinski definition) is 2. The minimum absolute atomic E-state index is 0.0587. The van der Waals surface area contributed by atoms with Gasteiger partial charge < -0.3 is 4.74 Å². The Labute approximate surface area is 115 Å². The average Bonchev–Trinajstić information content (AvgIpc) is 2.41. The maximum absolute atomic E-state index is 12.7. The lowest BCUT2D eigenvalue weighted by Crippen LogP contribution is -2.09. The molecule has 0 saturated heterocycles. The second kappa shape index (κ2) is 6.45. The Bertz CT molecular complexity index is 567. The molecule has 0 amide bonds. The molecule has 19 heavy (non-hydrogen) atoms. The molecule has 0 aromatic heterocycles. The Morgan fingerprint density at radius 1 is 1.11 bits per heavy atom. The van der Waals surface area contributed by atoms with E-state index in [0.29, 0.717) is 10.6 Å². The zero-order chi connectivity index (χ0) is 13.7. The number of ketones is 1. The molecule has 0 aliphatic rings. The first kappa shape index (κ1) is 13.7. The molecule has 98 valence electrons. The summed E-state index contributed by atoms with van der Waals surface area (Å²) in [5.41, 5.74) is 1.26. The van der Waals surface area contributed by atoms with Crippen LogP contribution >= 0.6 is 11.6 Å². The fourth-order valence-corrected chi connectivity index (χ4v) is 1.78. The third kappa shape index (κ3) is 3.88. The molecule has 0 unspecified atom stereocenters. The lowest BCUT2D eigenvalue weighted by molar-refractivity contribution is 0.0726. The number of hydrogen-bond donors (Lipinski definition) is 0. The fourth-order valence-electron chi connectivity index (χ4n) is 1.59. The molecule has 0 bridgehead atoms. The molecule has 0 N–H and O–H groups in total. The summed E-state index contributed by atoms with van der Waals surface area (Å²) in [5, 5.41) is 0.608. The van der Waals surface area contributed by atoms with Gasteiger partial charge in [-0.25, -0.2) is 4.39 Å². The predicted octanol–water partition coefficient (Wildman–Crippen LogP) is 3.88.